The number of aliphatic hydroxyl groups excluding tert-OH is 1. The Morgan fingerprint density at radius 3 is 2.81 bits per heavy atom. The molecule has 27 heavy (non-hydrogen) atoms. The summed E-state index contributed by atoms with van der Waals surface area (Å²) < 4.78 is 1.28. The van der Waals surface area contributed by atoms with Crippen molar-refractivity contribution in [3.05, 3.63) is 71.0 Å². The van der Waals surface area contributed by atoms with Crippen LogP contribution in [0.4, 0.5) is 0 Å². The van der Waals surface area contributed by atoms with E-state index >= 15 is 0 Å². The van der Waals surface area contributed by atoms with Crippen molar-refractivity contribution in [3.63, 3.8) is 0 Å². The van der Waals surface area contributed by atoms with Crippen molar-refractivity contribution in [1.29, 1.82) is 0 Å². The predicted molar refractivity (Wildman–Crippen MR) is 100 cm³/mol. The number of para-hydroxylation sites is 1. The van der Waals surface area contributed by atoms with Gasteiger partial charge in [-0.25, -0.2) is 9.78 Å². The minimum atomic E-state index is -0.591. The summed E-state index contributed by atoms with van der Waals surface area (Å²) in [5.41, 5.74) is 1.58. The van der Waals surface area contributed by atoms with Crippen LogP contribution in [-0.4, -0.2) is 49.6 Å². The molecule has 0 spiro atoms. The van der Waals surface area contributed by atoms with Crippen molar-refractivity contribution >= 4 is 16.8 Å². The Kier molecular flexibility index (Phi) is 4.68. The van der Waals surface area contributed by atoms with Gasteiger partial charge in [-0.3, -0.25) is 14.3 Å². The number of aromatic nitrogens is 3. The van der Waals surface area contributed by atoms with Gasteiger partial charge in [0.1, 0.15) is 6.54 Å². The Balaban J connectivity index is 1.47. The van der Waals surface area contributed by atoms with Crippen LogP contribution in [0, 0.1) is 5.92 Å². The number of pyridine rings is 1. The second-order valence-corrected chi connectivity index (χ2v) is 6.85. The summed E-state index contributed by atoms with van der Waals surface area (Å²) in [6.07, 6.45) is 4.79. The second kappa shape index (κ2) is 7.28. The smallest absolute Gasteiger partial charge is 0.347 e. The normalized spacial score (nSPS) is 19.5. The molecule has 2 aromatic heterocycles. The van der Waals surface area contributed by atoms with Gasteiger partial charge in [0.05, 0.1) is 11.6 Å². The third-order valence-corrected chi connectivity index (χ3v) is 5.07. The van der Waals surface area contributed by atoms with E-state index in [0.29, 0.717) is 13.0 Å². The number of carbonyl (C=O) groups excluding carboxylic acids is 1. The van der Waals surface area contributed by atoms with E-state index in [9.17, 15) is 14.7 Å². The fourth-order valence-electron chi connectivity index (χ4n) is 3.63. The molecule has 3 aromatic rings. The fraction of sp³-hybridized carbons (Fsp3) is 0.300. The molecule has 7 nitrogen and oxygen atoms in total. The van der Waals surface area contributed by atoms with Crippen molar-refractivity contribution in [3.8, 4) is 0 Å². The van der Waals surface area contributed by atoms with Crippen molar-refractivity contribution < 1.29 is 9.90 Å². The molecule has 1 amide bonds. The van der Waals surface area contributed by atoms with Gasteiger partial charge in [0.2, 0.25) is 5.91 Å². The van der Waals surface area contributed by atoms with E-state index in [1.807, 2.05) is 30.3 Å². The largest absolute Gasteiger partial charge is 0.391 e. The SMILES string of the molecule is O=C(Cn1cccnc1=O)N1C[C@@H](Cc2ccnc3ccccc23)[C@H](O)C1. The Labute approximate surface area is 155 Å². The third-order valence-electron chi connectivity index (χ3n) is 5.07. The predicted octanol–water partition coefficient (Wildman–Crippen LogP) is 0.853. The quantitative estimate of drug-likeness (QED) is 0.742. The van der Waals surface area contributed by atoms with Gasteiger partial charge in [-0.1, -0.05) is 18.2 Å². The summed E-state index contributed by atoms with van der Waals surface area (Å²) in [4.78, 5) is 33.9. The number of likely N-dealkylation sites (tertiary alicyclic amines) is 1. The highest BCUT2D eigenvalue weighted by Crippen LogP contribution is 2.25. The number of hydrogen-bond acceptors (Lipinski definition) is 5. The summed E-state index contributed by atoms with van der Waals surface area (Å²) in [7, 11) is 0. The van der Waals surface area contributed by atoms with E-state index in [2.05, 4.69) is 9.97 Å². The number of benzene rings is 1. The van der Waals surface area contributed by atoms with Gasteiger partial charge < -0.3 is 10.0 Å². The molecule has 1 aromatic carbocycles. The summed E-state index contributed by atoms with van der Waals surface area (Å²) in [5.74, 6) is -0.239. The van der Waals surface area contributed by atoms with Gasteiger partial charge in [0.15, 0.2) is 0 Å². The van der Waals surface area contributed by atoms with Crippen LogP contribution in [0.5, 0.6) is 0 Å². The molecule has 0 radical (unpaired) electrons. The van der Waals surface area contributed by atoms with Crippen LogP contribution in [0.3, 0.4) is 0 Å². The zero-order chi connectivity index (χ0) is 18.8. The highest BCUT2D eigenvalue weighted by molar-refractivity contribution is 5.82. The standard InChI is InChI=1S/C20H20N4O3/c25-18-12-24(19(26)13-23-9-3-7-22-20(23)27)11-15(18)10-14-6-8-21-17-5-2-1-4-16(14)17/h1-9,15,18,25H,10-13H2/t15-,18-/m1/s1. The van der Waals surface area contributed by atoms with Crippen LogP contribution in [0.2, 0.25) is 0 Å². The lowest BCUT2D eigenvalue weighted by Crippen LogP contribution is -2.36. The average molecular weight is 364 g/mol. The van der Waals surface area contributed by atoms with Crippen molar-refractivity contribution in [2.24, 2.45) is 5.92 Å². The fourth-order valence-corrected chi connectivity index (χ4v) is 3.63. The monoisotopic (exact) mass is 364 g/mol. The lowest BCUT2D eigenvalue weighted by Gasteiger charge is -2.17. The maximum Gasteiger partial charge on any atom is 0.347 e. The van der Waals surface area contributed by atoms with Gasteiger partial charge >= 0.3 is 5.69 Å². The van der Waals surface area contributed by atoms with Crippen molar-refractivity contribution in [2.45, 2.75) is 19.1 Å². The topological polar surface area (TPSA) is 88.3 Å². The number of amides is 1. The summed E-state index contributed by atoms with van der Waals surface area (Å²) in [5, 5.41) is 11.5. The Bertz CT molecular complexity index is 1030. The number of nitrogens with zero attached hydrogens (tertiary/aromatic N) is 4. The summed E-state index contributed by atoms with van der Waals surface area (Å²) in [6, 6.07) is 11.5. The van der Waals surface area contributed by atoms with Gasteiger partial charge in [-0.05, 0) is 30.2 Å². The molecule has 3 heterocycles. The Morgan fingerprint density at radius 1 is 1.11 bits per heavy atom. The number of rotatable bonds is 4. The summed E-state index contributed by atoms with van der Waals surface area (Å²) in [6.45, 7) is 0.678. The molecule has 1 fully saturated rings. The molecule has 1 aliphatic rings. The van der Waals surface area contributed by atoms with Crippen LogP contribution >= 0.6 is 0 Å². The number of β-amino-alcohol motifs (C(OH)–C–C–N with tert-alkyl or cyclic N) is 1. The molecule has 1 aliphatic heterocycles. The van der Waals surface area contributed by atoms with E-state index in [1.54, 1.807) is 23.4 Å². The van der Waals surface area contributed by atoms with E-state index in [-0.39, 0.29) is 24.9 Å². The Morgan fingerprint density at radius 2 is 1.96 bits per heavy atom. The molecular weight excluding hydrogens is 344 g/mol. The van der Waals surface area contributed by atoms with Crippen LogP contribution < -0.4 is 5.69 Å². The number of fused-ring (bicyclic) bond motifs is 1. The molecule has 1 N–H and O–H groups in total. The average Bonchev–Trinajstić information content (AvgIpc) is 3.05. The molecule has 0 saturated carbocycles. The van der Waals surface area contributed by atoms with Gasteiger partial charge in [0, 0.05) is 43.0 Å². The van der Waals surface area contributed by atoms with Crippen LogP contribution in [0.15, 0.2) is 59.8 Å². The highest BCUT2D eigenvalue weighted by Gasteiger charge is 2.34. The first kappa shape index (κ1) is 17.4. The highest BCUT2D eigenvalue weighted by atomic mass is 16.3. The van der Waals surface area contributed by atoms with E-state index < -0.39 is 11.8 Å². The van der Waals surface area contributed by atoms with Crippen molar-refractivity contribution in [2.75, 3.05) is 13.1 Å². The first-order chi connectivity index (χ1) is 13.1. The van der Waals surface area contributed by atoms with Crippen LogP contribution in [0.1, 0.15) is 5.56 Å². The molecule has 1 saturated heterocycles. The maximum atomic E-state index is 12.5. The lowest BCUT2D eigenvalue weighted by atomic mass is 9.94. The maximum absolute atomic E-state index is 12.5. The molecule has 7 heteroatoms. The molecule has 0 bridgehead atoms. The van der Waals surface area contributed by atoms with E-state index in [4.69, 9.17) is 0 Å². The molecule has 4 rings (SSSR count). The van der Waals surface area contributed by atoms with E-state index in [1.165, 1.54) is 10.8 Å². The van der Waals surface area contributed by atoms with Crippen molar-refractivity contribution in [1.82, 2.24) is 19.4 Å². The van der Waals surface area contributed by atoms with Crippen LogP contribution in [-0.2, 0) is 17.8 Å². The molecular formula is C20H20N4O3. The molecule has 0 aliphatic carbocycles. The molecule has 138 valence electrons. The molecule has 0 unspecified atom stereocenters. The number of aliphatic hydroxyl groups is 1. The van der Waals surface area contributed by atoms with Gasteiger partial charge in [-0.15, -0.1) is 0 Å². The minimum Gasteiger partial charge on any atom is -0.391 e. The zero-order valence-corrected chi connectivity index (χ0v) is 14.7. The first-order valence-corrected chi connectivity index (χ1v) is 8.92. The first-order valence-electron chi connectivity index (χ1n) is 8.92. The van der Waals surface area contributed by atoms with Crippen LogP contribution in [0.25, 0.3) is 10.9 Å². The lowest BCUT2D eigenvalue weighted by molar-refractivity contribution is -0.131. The second-order valence-electron chi connectivity index (χ2n) is 6.85. The third kappa shape index (κ3) is 3.59. The zero-order valence-electron chi connectivity index (χ0n) is 14.7. The molecule has 2 atom stereocenters. The number of carbonyl (C=O) groups is 1. The minimum absolute atomic E-state index is 0.0506. The Hall–Kier alpha value is -3.06. The van der Waals surface area contributed by atoms with E-state index in [0.717, 1.165) is 16.5 Å². The number of hydrogen-bond donors (Lipinski definition) is 1. The summed E-state index contributed by atoms with van der Waals surface area (Å²) >= 11 is 0. The van der Waals surface area contributed by atoms with Gasteiger partial charge in [-0.2, -0.15) is 0 Å². The van der Waals surface area contributed by atoms with Gasteiger partial charge in [0.25, 0.3) is 0 Å².